The number of amides is 1. The molecule has 1 amide bonds. The van der Waals surface area contributed by atoms with Crippen LogP contribution in [0.2, 0.25) is 0 Å². The molecule has 1 aliphatic heterocycles. The third kappa shape index (κ3) is 4.85. The van der Waals surface area contributed by atoms with Gasteiger partial charge < -0.3 is 10.4 Å². The Kier molecular flexibility index (Phi) is 4.88. The van der Waals surface area contributed by atoms with Crippen molar-refractivity contribution in [2.75, 3.05) is 29.6 Å². The van der Waals surface area contributed by atoms with Crippen molar-refractivity contribution in [1.82, 2.24) is 5.32 Å². The average Bonchev–Trinajstić information content (AvgIpc) is 2.46. The number of nitrogens with one attached hydrogen (secondary N) is 1. The second kappa shape index (κ2) is 5.72. The van der Waals surface area contributed by atoms with E-state index >= 15 is 0 Å². The fourth-order valence-corrected chi connectivity index (χ4v) is 3.62. The number of sulfone groups is 1. The molecule has 0 aromatic rings. The monoisotopic (exact) mass is 253 g/mol. The van der Waals surface area contributed by atoms with Crippen LogP contribution in [0.25, 0.3) is 0 Å². The van der Waals surface area contributed by atoms with Crippen LogP contribution in [0.1, 0.15) is 6.42 Å². The number of carbonyl (C=O) groups excluding carboxylic acids is 1. The van der Waals surface area contributed by atoms with Gasteiger partial charge in [0.1, 0.15) is 0 Å². The van der Waals surface area contributed by atoms with Gasteiger partial charge in [-0.05, 0) is 6.42 Å². The fraction of sp³-hybridized carbons (Fsp3) is 0.875. The lowest BCUT2D eigenvalue weighted by atomic mass is 10.3. The van der Waals surface area contributed by atoms with Crippen LogP contribution in [-0.4, -0.2) is 55.1 Å². The lowest BCUT2D eigenvalue weighted by Crippen LogP contribution is -2.36. The van der Waals surface area contributed by atoms with Crippen molar-refractivity contribution in [3.63, 3.8) is 0 Å². The van der Waals surface area contributed by atoms with Crippen molar-refractivity contribution in [3.05, 3.63) is 0 Å². The van der Waals surface area contributed by atoms with E-state index in [-0.39, 0.29) is 35.8 Å². The van der Waals surface area contributed by atoms with Crippen LogP contribution < -0.4 is 5.32 Å². The van der Waals surface area contributed by atoms with E-state index < -0.39 is 9.84 Å². The molecule has 1 saturated heterocycles. The van der Waals surface area contributed by atoms with E-state index in [9.17, 15) is 13.2 Å². The van der Waals surface area contributed by atoms with E-state index in [4.69, 9.17) is 5.11 Å². The molecular formula is C8H15NO4S2. The van der Waals surface area contributed by atoms with E-state index in [1.165, 1.54) is 11.8 Å². The van der Waals surface area contributed by atoms with Gasteiger partial charge in [-0.1, -0.05) is 0 Å². The summed E-state index contributed by atoms with van der Waals surface area (Å²) in [6, 6.07) is -0.225. The van der Waals surface area contributed by atoms with E-state index in [1.54, 1.807) is 0 Å². The van der Waals surface area contributed by atoms with Crippen LogP contribution in [0.3, 0.4) is 0 Å². The van der Waals surface area contributed by atoms with Crippen molar-refractivity contribution in [1.29, 1.82) is 0 Å². The standard InChI is InChI=1S/C8H15NO4S2/c10-2-3-14-5-8(11)9-7-1-4-15(12,13)6-7/h7,10H,1-6H2,(H,9,11)/t7-/m1/s1. The Labute approximate surface area is 93.5 Å². The SMILES string of the molecule is O=C(CSCCO)N[C@@H]1CCS(=O)(=O)C1. The molecule has 0 unspecified atom stereocenters. The summed E-state index contributed by atoms with van der Waals surface area (Å²) in [7, 11) is -2.93. The zero-order valence-electron chi connectivity index (χ0n) is 8.31. The first kappa shape index (κ1) is 12.8. The molecule has 1 aliphatic rings. The molecule has 5 nitrogen and oxygen atoms in total. The number of carbonyl (C=O) groups is 1. The van der Waals surface area contributed by atoms with Crippen molar-refractivity contribution in [2.24, 2.45) is 0 Å². The number of thioether (sulfide) groups is 1. The van der Waals surface area contributed by atoms with Crippen LogP contribution in [0.15, 0.2) is 0 Å². The summed E-state index contributed by atoms with van der Waals surface area (Å²) < 4.78 is 22.2. The Morgan fingerprint density at radius 2 is 2.27 bits per heavy atom. The second-order valence-corrected chi connectivity index (χ2v) is 6.78. The minimum absolute atomic E-state index is 0.0513. The summed E-state index contributed by atoms with van der Waals surface area (Å²) in [6.07, 6.45) is 0.513. The maximum absolute atomic E-state index is 11.3. The molecule has 0 aromatic heterocycles. The van der Waals surface area contributed by atoms with Gasteiger partial charge in [-0.25, -0.2) is 8.42 Å². The Bertz CT molecular complexity index is 315. The van der Waals surface area contributed by atoms with Gasteiger partial charge in [-0.2, -0.15) is 0 Å². The summed E-state index contributed by atoms with van der Waals surface area (Å²) >= 11 is 1.33. The topological polar surface area (TPSA) is 83.5 Å². The Morgan fingerprint density at radius 3 is 2.80 bits per heavy atom. The third-order valence-electron chi connectivity index (χ3n) is 2.07. The molecule has 2 N–H and O–H groups in total. The van der Waals surface area contributed by atoms with Gasteiger partial charge in [0.2, 0.25) is 5.91 Å². The van der Waals surface area contributed by atoms with Crippen LogP contribution in [0, 0.1) is 0 Å². The van der Waals surface area contributed by atoms with Gasteiger partial charge in [-0.15, -0.1) is 11.8 Å². The predicted octanol–water partition coefficient (Wildman–Crippen LogP) is -0.985. The summed E-state index contributed by atoms with van der Waals surface area (Å²) in [5.74, 6) is 0.870. The molecule has 0 spiro atoms. The first-order chi connectivity index (χ1) is 7.03. The first-order valence-corrected chi connectivity index (χ1v) is 7.69. The highest BCUT2D eigenvalue weighted by molar-refractivity contribution is 7.99. The molecule has 0 radical (unpaired) electrons. The number of hydrogen-bond donors (Lipinski definition) is 2. The molecule has 0 bridgehead atoms. The Balaban J connectivity index is 2.22. The number of aliphatic hydroxyl groups excluding tert-OH is 1. The lowest BCUT2D eigenvalue weighted by Gasteiger charge is -2.09. The summed E-state index contributed by atoms with van der Waals surface area (Å²) in [6.45, 7) is 0.0513. The summed E-state index contributed by atoms with van der Waals surface area (Å²) in [4.78, 5) is 11.3. The minimum Gasteiger partial charge on any atom is -0.396 e. The molecule has 7 heteroatoms. The van der Waals surface area contributed by atoms with Gasteiger partial charge in [0.05, 0.1) is 23.9 Å². The Morgan fingerprint density at radius 1 is 1.53 bits per heavy atom. The van der Waals surface area contributed by atoms with E-state index in [0.29, 0.717) is 12.2 Å². The van der Waals surface area contributed by atoms with Crippen molar-refractivity contribution in [2.45, 2.75) is 12.5 Å². The molecule has 0 aliphatic carbocycles. The molecule has 1 fully saturated rings. The summed E-state index contributed by atoms with van der Waals surface area (Å²) in [5.41, 5.74) is 0. The van der Waals surface area contributed by atoms with Gasteiger partial charge in [-0.3, -0.25) is 4.79 Å². The molecule has 0 aromatic carbocycles. The molecule has 1 heterocycles. The number of rotatable bonds is 5. The minimum atomic E-state index is -2.93. The smallest absolute Gasteiger partial charge is 0.230 e. The predicted molar refractivity (Wildman–Crippen MR) is 59.6 cm³/mol. The van der Waals surface area contributed by atoms with E-state index in [2.05, 4.69) is 5.32 Å². The quantitative estimate of drug-likeness (QED) is 0.615. The number of hydrogen-bond acceptors (Lipinski definition) is 5. The highest BCUT2D eigenvalue weighted by atomic mass is 32.2. The fourth-order valence-electron chi connectivity index (χ4n) is 1.41. The van der Waals surface area contributed by atoms with E-state index in [0.717, 1.165) is 0 Å². The van der Waals surface area contributed by atoms with Gasteiger partial charge in [0, 0.05) is 11.8 Å². The van der Waals surface area contributed by atoms with Crippen LogP contribution in [0.5, 0.6) is 0 Å². The zero-order valence-corrected chi connectivity index (χ0v) is 9.94. The highest BCUT2D eigenvalue weighted by Gasteiger charge is 2.28. The van der Waals surface area contributed by atoms with Gasteiger partial charge in [0.25, 0.3) is 0 Å². The molecule has 1 rings (SSSR count). The third-order valence-corrected chi connectivity index (χ3v) is 4.77. The molecular weight excluding hydrogens is 238 g/mol. The second-order valence-electron chi connectivity index (χ2n) is 3.44. The summed E-state index contributed by atoms with van der Waals surface area (Å²) in [5, 5.41) is 11.2. The normalized spacial score (nSPS) is 23.9. The molecule has 88 valence electrons. The first-order valence-electron chi connectivity index (χ1n) is 4.72. The number of aliphatic hydroxyl groups is 1. The maximum Gasteiger partial charge on any atom is 0.230 e. The highest BCUT2D eigenvalue weighted by Crippen LogP contribution is 2.11. The van der Waals surface area contributed by atoms with Crippen LogP contribution >= 0.6 is 11.8 Å². The van der Waals surface area contributed by atoms with Crippen molar-refractivity contribution in [3.8, 4) is 0 Å². The average molecular weight is 253 g/mol. The molecule has 1 atom stereocenters. The molecule has 15 heavy (non-hydrogen) atoms. The Hall–Kier alpha value is -0.270. The molecule has 0 saturated carbocycles. The van der Waals surface area contributed by atoms with Gasteiger partial charge >= 0.3 is 0 Å². The van der Waals surface area contributed by atoms with Crippen LogP contribution in [0.4, 0.5) is 0 Å². The van der Waals surface area contributed by atoms with Gasteiger partial charge in [0.15, 0.2) is 9.84 Å². The largest absolute Gasteiger partial charge is 0.396 e. The van der Waals surface area contributed by atoms with Crippen molar-refractivity contribution >= 4 is 27.5 Å². The van der Waals surface area contributed by atoms with Crippen molar-refractivity contribution < 1.29 is 18.3 Å². The zero-order chi connectivity index (χ0) is 11.3. The van der Waals surface area contributed by atoms with E-state index in [1.807, 2.05) is 0 Å². The lowest BCUT2D eigenvalue weighted by molar-refractivity contribution is -0.119. The maximum atomic E-state index is 11.3. The van der Waals surface area contributed by atoms with Crippen LogP contribution in [-0.2, 0) is 14.6 Å².